The molecule has 66 heavy (non-hydrogen) atoms. The molecule has 6 aromatic rings. The van der Waals surface area contributed by atoms with Crippen LogP contribution < -0.4 is 5.32 Å². The minimum atomic E-state index is 0.0113. The Kier molecular flexibility index (Phi) is 16.0. The fraction of sp³-hybridized carbons (Fsp3) is 0.387. The summed E-state index contributed by atoms with van der Waals surface area (Å²) in [5.74, 6) is 2.20. The normalized spacial score (nSPS) is 18.0. The monoisotopic (exact) mass is 893 g/mol. The van der Waals surface area contributed by atoms with Crippen LogP contribution in [0.5, 0.6) is 0 Å². The van der Waals surface area contributed by atoms with Gasteiger partial charge >= 0.3 is 0 Å². The van der Waals surface area contributed by atoms with Gasteiger partial charge < -0.3 is 5.32 Å². The van der Waals surface area contributed by atoms with E-state index in [4.69, 9.17) is 16.6 Å². The molecular weight excluding hydrogens is 824 g/mol. The molecule has 0 saturated heterocycles. The zero-order valence-electron chi connectivity index (χ0n) is 39.0. The van der Waals surface area contributed by atoms with Crippen molar-refractivity contribution in [2.75, 3.05) is 5.32 Å². The lowest BCUT2D eigenvalue weighted by Gasteiger charge is -2.31. The molecule has 0 aromatic heterocycles. The van der Waals surface area contributed by atoms with Gasteiger partial charge in [-0.3, -0.25) is 4.79 Å². The fourth-order valence-corrected chi connectivity index (χ4v) is 11.9. The lowest BCUT2D eigenvalue weighted by atomic mass is 9.77. The van der Waals surface area contributed by atoms with E-state index >= 15 is 0 Å². The number of hydrogen-bond donors (Lipinski definition) is 1. The number of hydrogen-bond acceptors (Lipinski definition) is 2. The van der Waals surface area contributed by atoms with Crippen molar-refractivity contribution >= 4 is 34.1 Å². The Hall–Kier alpha value is -5.25. The third-order valence-electron chi connectivity index (χ3n) is 15.3. The van der Waals surface area contributed by atoms with Crippen LogP contribution in [-0.4, -0.2) is 11.1 Å². The van der Waals surface area contributed by atoms with Gasteiger partial charge in [0.25, 0.3) is 5.91 Å². The molecule has 0 bridgehead atoms. The summed E-state index contributed by atoms with van der Waals surface area (Å²) >= 11 is 6.87. The minimum absolute atomic E-state index is 0.0113. The standard InChI is InChI=1S/C31H34ClN.C31H35NO/c32-31(26-19-11-4-12-20-26)33-30-28(24-15-7-2-8-16-24)21-27(23-13-5-1-6-14-23)22-29(30)25-17-9-3-10-18-25;33-31(26-19-11-4-12-20-26)32-30-28(24-15-7-2-8-16-24)21-27(23-13-5-1-6-14-23)22-29(30)25-17-9-3-10-18-25/h1,4-6,11-14,19-22,24-25H,2-3,7-10,15-18H2;1,4-6,11-14,19-22,24-25H,2-3,7-10,15-18H2,(H,32,33). The van der Waals surface area contributed by atoms with Gasteiger partial charge in [-0.15, -0.1) is 0 Å². The van der Waals surface area contributed by atoms with Crippen LogP contribution in [0.4, 0.5) is 11.4 Å². The Bertz CT molecular complexity index is 2410. The highest BCUT2D eigenvalue weighted by Gasteiger charge is 2.29. The molecular formula is C62H69ClN2O. The summed E-state index contributed by atoms with van der Waals surface area (Å²) in [6, 6.07) is 51.2. The van der Waals surface area contributed by atoms with E-state index in [-0.39, 0.29) is 5.91 Å². The Morgan fingerprint density at radius 1 is 0.394 bits per heavy atom. The lowest BCUT2D eigenvalue weighted by molar-refractivity contribution is 0.102. The number of nitrogens with zero attached hydrogens (tertiary/aromatic N) is 1. The second-order valence-electron chi connectivity index (χ2n) is 19.7. The zero-order valence-corrected chi connectivity index (χ0v) is 39.8. The number of halogens is 1. The summed E-state index contributed by atoms with van der Waals surface area (Å²) in [5.41, 5.74) is 14.8. The molecule has 0 spiro atoms. The number of carbonyl (C=O) groups excluding carboxylic acids is 1. The Balaban J connectivity index is 0.000000166. The van der Waals surface area contributed by atoms with Gasteiger partial charge in [-0.1, -0.05) is 198 Å². The van der Waals surface area contributed by atoms with Crippen LogP contribution in [0.25, 0.3) is 22.3 Å². The number of rotatable bonds is 10. The van der Waals surface area contributed by atoms with E-state index in [1.165, 1.54) is 179 Å². The van der Waals surface area contributed by atoms with Crippen molar-refractivity contribution < 1.29 is 4.79 Å². The van der Waals surface area contributed by atoms with E-state index in [1.807, 2.05) is 48.5 Å². The van der Waals surface area contributed by atoms with E-state index < -0.39 is 0 Å². The number of benzene rings is 6. The molecule has 0 aliphatic heterocycles. The quantitative estimate of drug-likeness (QED) is 0.137. The van der Waals surface area contributed by atoms with E-state index in [2.05, 4.69) is 102 Å². The molecule has 3 nitrogen and oxygen atoms in total. The van der Waals surface area contributed by atoms with E-state index in [1.54, 1.807) is 0 Å². The maximum Gasteiger partial charge on any atom is 0.255 e. The van der Waals surface area contributed by atoms with E-state index in [0.717, 1.165) is 16.8 Å². The minimum Gasteiger partial charge on any atom is -0.321 e. The Morgan fingerprint density at radius 2 is 0.712 bits per heavy atom. The highest BCUT2D eigenvalue weighted by Crippen LogP contribution is 2.48. The predicted molar refractivity (Wildman–Crippen MR) is 280 cm³/mol. The van der Waals surface area contributed by atoms with Crippen LogP contribution in [0.1, 0.15) is 190 Å². The highest BCUT2D eigenvalue weighted by atomic mass is 35.5. The number of nitrogens with one attached hydrogen (secondary N) is 1. The molecule has 6 aromatic carbocycles. The summed E-state index contributed by atoms with van der Waals surface area (Å²) in [7, 11) is 0. The molecule has 4 saturated carbocycles. The molecule has 0 atom stereocenters. The first-order valence-electron chi connectivity index (χ1n) is 25.7. The van der Waals surface area contributed by atoms with Crippen molar-refractivity contribution in [1.29, 1.82) is 0 Å². The summed E-state index contributed by atoms with van der Waals surface area (Å²) in [5, 5.41) is 4.04. The van der Waals surface area contributed by atoms with Gasteiger partial charge in [0.1, 0.15) is 5.17 Å². The third kappa shape index (κ3) is 11.5. The van der Waals surface area contributed by atoms with Crippen molar-refractivity contribution in [1.82, 2.24) is 0 Å². The van der Waals surface area contributed by atoms with Crippen LogP contribution >= 0.6 is 11.6 Å². The van der Waals surface area contributed by atoms with Crippen molar-refractivity contribution in [3.05, 3.63) is 179 Å². The van der Waals surface area contributed by atoms with E-state index in [9.17, 15) is 4.79 Å². The molecule has 0 radical (unpaired) electrons. The fourth-order valence-electron chi connectivity index (χ4n) is 11.7. The van der Waals surface area contributed by atoms with Gasteiger partial charge in [0.15, 0.2) is 0 Å². The highest BCUT2D eigenvalue weighted by molar-refractivity contribution is 6.69. The maximum atomic E-state index is 13.3. The molecule has 0 heterocycles. The van der Waals surface area contributed by atoms with Crippen LogP contribution in [-0.2, 0) is 0 Å². The first-order valence-corrected chi connectivity index (χ1v) is 26.1. The van der Waals surface area contributed by atoms with Crippen LogP contribution in [0.2, 0.25) is 0 Å². The second kappa shape index (κ2) is 23.0. The number of carbonyl (C=O) groups is 1. The van der Waals surface area contributed by atoms with Gasteiger partial charge in [-0.2, -0.15) is 0 Å². The second-order valence-corrected chi connectivity index (χ2v) is 20.1. The summed E-state index contributed by atoms with van der Waals surface area (Å²) in [4.78, 5) is 18.5. The topological polar surface area (TPSA) is 41.5 Å². The lowest BCUT2D eigenvalue weighted by Crippen LogP contribution is -2.19. The van der Waals surface area contributed by atoms with Gasteiger partial charge in [0, 0.05) is 16.8 Å². The van der Waals surface area contributed by atoms with Crippen LogP contribution in [0.15, 0.2) is 151 Å². The van der Waals surface area contributed by atoms with Crippen molar-refractivity contribution in [2.45, 2.75) is 152 Å². The van der Waals surface area contributed by atoms with Gasteiger partial charge in [0.05, 0.1) is 5.69 Å². The first-order chi connectivity index (χ1) is 32.6. The van der Waals surface area contributed by atoms with Crippen LogP contribution in [0, 0.1) is 0 Å². The summed E-state index contributed by atoms with van der Waals surface area (Å²) in [6.07, 6.45) is 25.7. The van der Waals surface area contributed by atoms with Gasteiger partial charge in [-0.25, -0.2) is 4.99 Å². The Labute approximate surface area is 400 Å². The molecule has 10 rings (SSSR count). The SMILES string of the molecule is ClC(=Nc1c(C2CCCCC2)cc(-c2ccccc2)cc1C1CCCCC1)c1ccccc1.O=C(Nc1c(C2CCCCC2)cc(-c2ccccc2)cc1C1CCCCC1)c1ccccc1. The average molecular weight is 894 g/mol. The zero-order chi connectivity index (χ0) is 44.9. The van der Waals surface area contributed by atoms with Crippen molar-refractivity contribution in [3.8, 4) is 22.3 Å². The molecule has 4 heteroatoms. The van der Waals surface area contributed by atoms with Crippen LogP contribution in [0.3, 0.4) is 0 Å². The molecule has 4 aliphatic rings. The third-order valence-corrected chi connectivity index (χ3v) is 15.6. The number of anilines is 1. The van der Waals surface area contributed by atoms with Gasteiger partial charge in [-0.05, 0) is 156 Å². The largest absolute Gasteiger partial charge is 0.321 e. The maximum absolute atomic E-state index is 13.3. The molecule has 340 valence electrons. The molecule has 4 fully saturated rings. The molecule has 0 unspecified atom stereocenters. The van der Waals surface area contributed by atoms with Crippen molar-refractivity contribution in [2.24, 2.45) is 4.99 Å². The van der Waals surface area contributed by atoms with E-state index in [0.29, 0.717) is 28.8 Å². The Morgan fingerprint density at radius 3 is 1.09 bits per heavy atom. The number of amides is 1. The predicted octanol–water partition coefficient (Wildman–Crippen LogP) is 18.5. The van der Waals surface area contributed by atoms with Gasteiger partial charge in [0.2, 0.25) is 0 Å². The number of aliphatic imine (C=N–C) groups is 1. The summed E-state index contributed by atoms with van der Waals surface area (Å²) in [6.45, 7) is 0. The smallest absolute Gasteiger partial charge is 0.255 e. The van der Waals surface area contributed by atoms with Crippen molar-refractivity contribution in [3.63, 3.8) is 0 Å². The molecule has 1 N–H and O–H groups in total. The summed E-state index contributed by atoms with van der Waals surface area (Å²) < 4.78 is 0. The first kappa shape index (κ1) is 45.9. The molecule has 4 aliphatic carbocycles. The average Bonchev–Trinajstić information content (AvgIpc) is 3.41. The molecule has 1 amide bonds.